The largest absolute Gasteiger partial charge is 0.548 e. The van der Waals surface area contributed by atoms with Crippen molar-refractivity contribution in [1.29, 1.82) is 0 Å². The van der Waals surface area contributed by atoms with Crippen molar-refractivity contribution in [3.05, 3.63) is 34.9 Å². The molecular weight excluding hydrogens is 350 g/mol. The lowest BCUT2D eigenvalue weighted by molar-refractivity contribution is -0.310. The van der Waals surface area contributed by atoms with Crippen LogP contribution in [-0.4, -0.2) is 35.1 Å². The number of allylic oxidation sites excluding steroid dienone is 5. The third-order valence-corrected chi connectivity index (χ3v) is 4.49. The van der Waals surface area contributed by atoms with Gasteiger partial charge in [0.05, 0.1) is 5.97 Å². The molecule has 0 saturated carbocycles. The maximum atomic E-state index is 11.7. The van der Waals surface area contributed by atoms with E-state index in [9.17, 15) is 18.9 Å². The summed E-state index contributed by atoms with van der Waals surface area (Å²) in [6, 6.07) is -1.20. The summed E-state index contributed by atoms with van der Waals surface area (Å²) in [5.74, 6) is -2.00. The van der Waals surface area contributed by atoms with E-state index >= 15 is 0 Å². The number of hydrogen-bond acceptors (Lipinski definition) is 4. The van der Waals surface area contributed by atoms with E-state index in [2.05, 4.69) is 32.9 Å². The Morgan fingerprint density at radius 1 is 0.962 bits per heavy atom. The summed E-state index contributed by atoms with van der Waals surface area (Å²) in [4.78, 5) is 24.0. The van der Waals surface area contributed by atoms with Gasteiger partial charge in [-0.25, -0.2) is 0 Å². The Balaban J connectivity index is 4.63. The molecule has 0 aliphatic heterocycles. The molecule has 0 N–H and O–H groups in total. The minimum Gasteiger partial charge on any atom is -0.548 e. The van der Waals surface area contributed by atoms with Gasteiger partial charge in [0.2, 0.25) is 5.91 Å². The standard InChI is InChI=1S/C20H31NO4S/c1-15(2)8-6-9-16(3)10-7-11-17(4)12-13-21(18(5)22)19(14-26-25)20(23)24/h8,10,12,19H,6-7,9,11,13-14H2,1-5H3/t19-/m0/s1. The fourth-order valence-corrected chi connectivity index (χ4v) is 2.86. The maximum Gasteiger partial charge on any atom is 0.461 e. The lowest BCUT2D eigenvalue weighted by Crippen LogP contribution is -2.52. The molecule has 146 valence electrons. The molecule has 0 bridgehead atoms. The van der Waals surface area contributed by atoms with Gasteiger partial charge in [-0.05, 0) is 53.4 Å². The van der Waals surface area contributed by atoms with Crippen LogP contribution in [0.5, 0.6) is 0 Å². The Hall–Kier alpha value is -1.82. The number of carbonyl (C=O) groups excluding carboxylic acids is 2. The molecule has 1 amide bonds. The molecule has 0 rings (SSSR count). The highest BCUT2D eigenvalue weighted by Gasteiger charge is 2.26. The van der Waals surface area contributed by atoms with Crippen molar-refractivity contribution in [3.63, 3.8) is 0 Å². The van der Waals surface area contributed by atoms with E-state index in [1.807, 2.05) is 13.0 Å². The van der Waals surface area contributed by atoms with Crippen molar-refractivity contribution >= 4 is 23.5 Å². The summed E-state index contributed by atoms with van der Waals surface area (Å²) >= 11 is 0.146. The molecule has 0 spiro atoms. The SMILES string of the molecule is CC(=O)N(CC=C(C)CCC=C(C)CCC=C(C)C)[C@@H](C[S+]=O)C(=O)[O-]. The monoisotopic (exact) mass is 381 g/mol. The molecule has 0 heterocycles. The molecule has 0 aromatic heterocycles. The highest BCUT2D eigenvalue weighted by molar-refractivity contribution is 7.65. The van der Waals surface area contributed by atoms with Gasteiger partial charge < -0.3 is 14.8 Å². The van der Waals surface area contributed by atoms with E-state index in [0.717, 1.165) is 31.3 Å². The molecule has 1 atom stereocenters. The van der Waals surface area contributed by atoms with Crippen LogP contribution in [0.15, 0.2) is 34.9 Å². The van der Waals surface area contributed by atoms with Crippen LogP contribution < -0.4 is 5.11 Å². The van der Waals surface area contributed by atoms with E-state index in [1.54, 1.807) is 0 Å². The fraction of sp³-hybridized carbons (Fsp3) is 0.600. The van der Waals surface area contributed by atoms with Gasteiger partial charge in [0, 0.05) is 17.7 Å². The summed E-state index contributed by atoms with van der Waals surface area (Å²) in [6.45, 7) is 9.74. The first-order chi connectivity index (χ1) is 12.2. The Kier molecular flexibility index (Phi) is 12.5. The maximum absolute atomic E-state index is 11.7. The first-order valence-electron chi connectivity index (χ1n) is 8.86. The molecule has 0 aromatic rings. The van der Waals surface area contributed by atoms with Crippen molar-refractivity contribution in [3.8, 4) is 0 Å². The average Bonchev–Trinajstić information content (AvgIpc) is 2.53. The van der Waals surface area contributed by atoms with Crippen LogP contribution >= 0.6 is 0 Å². The Bertz CT molecular complexity index is 574. The molecule has 0 fully saturated rings. The molecule has 0 aliphatic carbocycles. The van der Waals surface area contributed by atoms with Gasteiger partial charge in [0.25, 0.3) is 5.75 Å². The number of aliphatic carboxylic acids is 1. The van der Waals surface area contributed by atoms with Crippen LogP contribution in [0.2, 0.25) is 0 Å². The summed E-state index contributed by atoms with van der Waals surface area (Å²) < 4.78 is 10.7. The number of carboxylic acid groups (broad SMARTS) is 1. The van der Waals surface area contributed by atoms with Gasteiger partial charge >= 0.3 is 11.7 Å². The van der Waals surface area contributed by atoms with Crippen LogP contribution in [0.3, 0.4) is 0 Å². The van der Waals surface area contributed by atoms with E-state index < -0.39 is 12.0 Å². The molecule has 0 saturated heterocycles. The van der Waals surface area contributed by atoms with Gasteiger partial charge in [0.15, 0.2) is 0 Å². The highest BCUT2D eigenvalue weighted by Crippen LogP contribution is 2.12. The fourth-order valence-electron chi connectivity index (χ4n) is 2.42. The van der Waals surface area contributed by atoms with Gasteiger partial charge in [-0.3, -0.25) is 4.79 Å². The zero-order valence-electron chi connectivity index (χ0n) is 16.5. The number of carboxylic acids is 1. The summed E-state index contributed by atoms with van der Waals surface area (Å²) in [6.07, 6.45) is 10.1. The van der Waals surface area contributed by atoms with E-state index in [1.165, 1.54) is 23.0 Å². The Morgan fingerprint density at radius 3 is 1.96 bits per heavy atom. The molecule has 0 aromatic carbocycles. The molecule has 0 radical (unpaired) electrons. The number of rotatable bonds is 12. The molecule has 0 unspecified atom stereocenters. The van der Waals surface area contributed by atoms with E-state index in [0.29, 0.717) is 0 Å². The second kappa shape index (κ2) is 13.4. The second-order valence-corrected chi connectivity index (χ2v) is 7.32. The summed E-state index contributed by atoms with van der Waals surface area (Å²) in [5.41, 5.74) is 3.76. The minimum absolute atomic E-state index is 0.146. The molecule has 0 aliphatic rings. The van der Waals surface area contributed by atoms with Crippen LogP contribution in [-0.2, 0) is 25.5 Å². The normalized spacial score (nSPS) is 13.1. The quantitative estimate of drug-likeness (QED) is 0.385. The summed E-state index contributed by atoms with van der Waals surface area (Å²) in [5, 5.41) is 11.2. The lowest BCUT2D eigenvalue weighted by Gasteiger charge is -2.26. The van der Waals surface area contributed by atoms with Crippen LogP contribution in [0.25, 0.3) is 0 Å². The number of hydrogen-bond donors (Lipinski definition) is 0. The smallest absolute Gasteiger partial charge is 0.461 e. The van der Waals surface area contributed by atoms with Crippen LogP contribution in [0, 0.1) is 0 Å². The van der Waals surface area contributed by atoms with Crippen molar-refractivity contribution in [2.24, 2.45) is 0 Å². The van der Waals surface area contributed by atoms with Crippen LogP contribution in [0.1, 0.15) is 60.3 Å². The van der Waals surface area contributed by atoms with Crippen molar-refractivity contribution in [2.45, 2.75) is 66.3 Å². The second-order valence-electron chi connectivity index (χ2n) is 6.75. The van der Waals surface area contributed by atoms with Gasteiger partial charge in [0.1, 0.15) is 6.04 Å². The topological polar surface area (TPSA) is 77.5 Å². The van der Waals surface area contributed by atoms with Crippen molar-refractivity contribution < 1.29 is 18.9 Å². The first kappa shape index (κ1) is 24.2. The van der Waals surface area contributed by atoms with Gasteiger partial charge in [-0.15, -0.1) is 0 Å². The Morgan fingerprint density at radius 2 is 1.50 bits per heavy atom. The number of nitrogens with zero attached hydrogens (tertiary/aromatic N) is 1. The average molecular weight is 382 g/mol. The highest BCUT2D eigenvalue weighted by atomic mass is 32.1. The zero-order valence-corrected chi connectivity index (χ0v) is 17.4. The third kappa shape index (κ3) is 10.9. The zero-order chi connectivity index (χ0) is 20.1. The van der Waals surface area contributed by atoms with Crippen molar-refractivity contribution in [1.82, 2.24) is 4.90 Å². The predicted molar refractivity (Wildman–Crippen MR) is 105 cm³/mol. The molecule has 26 heavy (non-hydrogen) atoms. The van der Waals surface area contributed by atoms with E-state index in [-0.39, 0.29) is 29.9 Å². The Labute approximate surface area is 161 Å². The van der Waals surface area contributed by atoms with Crippen molar-refractivity contribution in [2.75, 3.05) is 12.3 Å². The summed E-state index contributed by atoms with van der Waals surface area (Å²) in [7, 11) is 0. The van der Waals surface area contributed by atoms with E-state index in [4.69, 9.17) is 0 Å². The van der Waals surface area contributed by atoms with Gasteiger partial charge in [-0.1, -0.05) is 34.9 Å². The number of amides is 1. The number of carbonyl (C=O) groups is 2. The van der Waals surface area contributed by atoms with Gasteiger partial charge in [-0.2, -0.15) is 0 Å². The first-order valence-corrected chi connectivity index (χ1v) is 9.77. The molecular formula is C20H31NO4S. The van der Waals surface area contributed by atoms with Crippen LogP contribution in [0.4, 0.5) is 0 Å². The molecule has 5 nitrogen and oxygen atoms in total. The predicted octanol–water partition coefficient (Wildman–Crippen LogP) is 2.80. The lowest BCUT2D eigenvalue weighted by atomic mass is 10.1. The third-order valence-electron chi connectivity index (χ3n) is 4.04. The molecule has 6 heteroatoms. The minimum atomic E-state index is -1.40.